The first-order chi connectivity index (χ1) is 11.8. The van der Waals surface area contributed by atoms with Crippen molar-refractivity contribution < 1.29 is 9.15 Å². The van der Waals surface area contributed by atoms with Crippen LogP contribution in [0.25, 0.3) is 17.1 Å². The van der Waals surface area contributed by atoms with E-state index in [2.05, 4.69) is 26.8 Å². The Balaban J connectivity index is 0.000000238. The average Bonchev–Trinajstić information content (AvgIpc) is 3.30. The Morgan fingerprint density at radius 3 is 2.71 bits per heavy atom. The molecular weight excluding hydrogens is 308 g/mol. The van der Waals surface area contributed by atoms with Gasteiger partial charge in [-0.2, -0.15) is 10.4 Å². The zero-order valence-corrected chi connectivity index (χ0v) is 13.3. The molecule has 0 aromatic carbocycles. The number of nitrogens with one attached hydrogen (secondary N) is 2. The van der Waals surface area contributed by atoms with Gasteiger partial charge in [-0.25, -0.2) is 9.50 Å². The second kappa shape index (κ2) is 7.59. The number of morpholine rings is 1. The molecule has 8 nitrogen and oxygen atoms in total. The number of ether oxygens (including phenoxy) is 1. The van der Waals surface area contributed by atoms with Gasteiger partial charge in [0.15, 0.2) is 11.4 Å². The third-order valence-corrected chi connectivity index (χ3v) is 3.45. The molecule has 3 aromatic rings. The molecule has 0 amide bonds. The van der Waals surface area contributed by atoms with Gasteiger partial charge in [0.25, 0.3) is 0 Å². The molecule has 24 heavy (non-hydrogen) atoms. The summed E-state index contributed by atoms with van der Waals surface area (Å²) in [5, 5.41) is 19.7. The maximum absolute atomic E-state index is 9.26. The van der Waals surface area contributed by atoms with Crippen LogP contribution < -0.4 is 10.6 Å². The van der Waals surface area contributed by atoms with Gasteiger partial charge >= 0.3 is 0 Å². The first kappa shape index (κ1) is 16.0. The van der Waals surface area contributed by atoms with Crippen LogP contribution in [0, 0.1) is 11.3 Å². The molecule has 4 heterocycles. The van der Waals surface area contributed by atoms with Gasteiger partial charge in [-0.3, -0.25) is 0 Å². The van der Waals surface area contributed by atoms with Gasteiger partial charge in [-0.15, -0.1) is 0 Å². The van der Waals surface area contributed by atoms with Crippen LogP contribution in [-0.4, -0.2) is 47.9 Å². The van der Waals surface area contributed by atoms with Gasteiger partial charge in [0.05, 0.1) is 19.5 Å². The summed E-state index contributed by atoms with van der Waals surface area (Å²) in [6.07, 6.45) is 3.30. The van der Waals surface area contributed by atoms with Crippen molar-refractivity contribution in [2.24, 2.45) is 0 Å². The van der Waals surface area contributed by atoms with Crippen LogP contribution in [0.3, 0.4) is 0 Å². The number of nitriles is 1. The third kappa shape index (κ3) is 3.37. The van der Waals surface area contributed by atoms with Crippen molar-refractivity contribution in [3.63, 3.8) is 0 Å². The van der Waals surface area contributed by atoms with Crippen molar-refractivity contribution in [3.05, 3.63) is 36.2 Å². The zero-order chi connectivity index (χ0) is 16.8. The Labute approximate surface area is 139 Å². The summed E-state index contributed by atoms with van der Waals surface area (Å²) in [6.45, 7) is 3.83. The summed E-state index contributed by atoms with van der Waals surface area (Å²) >= 11 is 0. The molecule has 1 fully saturated rings. The van der Waals surface area contributed by atoms with Crippen LogP contribution >= 0.6 is 0 Å². The van der Waals surface area contributed by atoms with Crippen molar-refractivity contribution in [3.8, 4) is 17.5 Å². The fourth-order valence-electron chi connectivity index (χ4n) is 2.27. The van der Waals surface area contributed by atoms with Gasteiger partial charge < -0.3 is 19.8 Å². The number of fused-ring (bicyclic) bond motifs is 1. The maximum atomic E-state index is 9.26. The first-order valence-corrected chi connectivity index (χ1v) is 7.63. The first-order valence-electron chi connectivity index (χ1n) is 7.63. The number of hydrogen-bond acceptors (Lipinski definition) is 7. The standard InChI is InChI=1S/C12H9N5O.C4H9NO/c1-14-10-4-5-17-12(15-10)8(7-13)11(16-17)9-3-2-6-18-9;1-3-6-4-2-5-1/h2-6H,1H3,(H,14,15);5H,1-4H2. The van der Waals surface area contributed by atoms with Gasteiger partial charge in [-0.1, -0.05) is 0 Å². The highest BCUT2D eigenvalue weighted by Crippen LogP contribution is 2.25. The summed E-state index contributed by atoms with van der Waals surface area (Å²) in [4.78, 5) is 4.32. The largest absolute Gasteiger partial charge is 0.463 e. The quantitative estimate of drug-likeness (QED) is 0.736. The van der Waals surface area contributed by atoms with E-state index in [1.807, 2.05) is 0 Å². The maximum Gasteiger partial charge on any atom is 0.175 e. The number of aromatic nitrogens is 3. The van der Waals surface area contributed by atoms with Crippen LogP contribution in [0.1, 0.15) is 5.56 Å². The van der Waals surface area contributed by atoms with Crippen LogP contribution in [-0.2, 0) is 4.74 Å². The van der Waals surface area contributed by atoms with E-state index >= 15 is 0 Å². The summed E-state index contributed by atoms with van der Waals surface area (Å²) in [6, 6.07) is 7.43. The lowest BCUT2D eigenvalue weighted by Gasteiger charge is -2.10. The fourth-order valence-corrected chi connectivity index (χ4v) is 2.27. The van der Waals surface area contributed by atoms with E-state index in [1.54, 1.807) is 42.2 Å². The lowest BCUT2D eigenvalue weighted by Crippen LogP contribution is -2.30. The summed E-state index contributed by atoms with van der Waals surface area (Å²) < 4.78 is 11.9. The van der Waals surface area contributed by atoms with Gasteiger partial charge in [0.2, 0.25) is 0 Å². The van der Waals surface area contributed by atoms with E-state index in [-0.39, 0.29) is 0 Å². The molecule has 0 bridgehead atoms. The summed E-state index contributed by atoms with van der Waals surface area (Å²) in [7, 11) is 1.77. The molecule has 0 spiro atoms. The number of nitrogens with zero attached hydrogens (tertiary/aromatic N) is 4. The molecule has 4 rings (SSSR count). The van der Waals surface area contributed by atoms with Gasteiger partial charge in [0.1, 0.15) is 23.1 Å². The van der Waals surface area contributed by atoms with Crippen molar-refractivity contribution in [1.82, 2.24) is 19.9 Å². The predicted octanol–water partition coefficient (Wildman–Crippen LogP) is 1.51. The molecule has 124 valence electrons. The topological polar surface area (TPSA) is 100 Å². The van der Waals surface area contributed by atoms with Crippen molar-refractivity contribution in [2.75, 3.05) is 38.7 Å². The highest BCUT2D eigenvalue weighted by Gasteiger charge is 2.17. The van der Waals surface area contributed by atoms with Gasteiger partial charge in [0, 0.05) is 26.3 Å². The molecule has 1 aliphatic rings. The Kier molecular flexibility index (Phi) is 5.05. The molecule has 8 heteroatoms. The van der Waals surface area contributed by atoms with Crippen LogP contribution in [0.4, 0.5) is 5.82 Å². The van der Waals surface area contributed by atoms with Crippen LogP contribution in [0.2, 0.25) is 0 Å². The molecule has 0 saturated carbocycles. The number of rotatable bonds is 2. The summed E-state index contributed by atoms with van der Waals surface area (Å²) in [5.74, 6) is 1.24. The number of anilines is 1. The minimum Gasteiger partial charge on any atom is -0.463 e. The lowest BCUT2D eigenvalue weighted by atomic mass is 10.2. The second-order valence-electron chi connectivity index (χ2n) is 5.01. The normalized spacial score (nSPS) is 13.8. The Hall–Kier alpha value is -2.89. The Morgan fingerprint density at radius 2 is 2.17 bits per heavy atom. The Bertz CT molecular complexity index is 819. The molecule has 3 aromatic heterocycles. The number of hydrogen-bond donors (Lipinski definition) is 2. The van der Waals surface area contributed by atoms with E-state index in [1.165, 1.54) is 0 Å². The van der Waals surface area contributed by atoms with E-state index in [4.69, 9.17) is 9.15 Å². The molecule has 2 N–H and O–H groups in total. The Morgan fingerprint density at radius 1 is 1.33 bits per heavy atom. The van der Waals surface area contributed by atoms with Crippen LogP contribution in [0.5, 0.6) is 0 Å². The van der Waals surface area contributed by atoms with Crippen molar-refractivity contribution >= 4 is 11.5 Å². The van der Waals surface area contributed by atoms with Crippen molar-refractivity contribution in [1.29, 1.82) is 5.26 Å². The van der Waals surface area contributed by atoms with E-state index < -0.39 is 0 Å². The molecule has 1 saturated heterocycles. The molecule has 0 radical (unpaired) electrons. The number of furan rings is 1. The minimum atomic E-state index is 0.405. The molecule has 0 unspecified atom stereocenters. The second-order valence-corrected chi connectivity index (χ2v) is 5.01. The van der Waals surface area contributed by atoms with Crippen molar-refractivity contribution in [2.45, 2.75) is 0 Å². The van der Waals surface area contributed by atoms with E-state index in [9.17, 15) is 5.26 Å². The van der Waals surface area contributed by atoms with Gasteiger partial charge in [-0.05, 0) is 18.2 Å². The van der Waals surface area contributed by atoms with Crippen LogP contribution in [0.15, 0.2) is 35.1 Å². The third-order valence-electron chi connectivity index (χ3n) is 3.45. The smallest absolute Gasteiger partial charge is 0.175 e. The SMILES string of the molecule is C1COCCN1.CNc1ccn2nc(-c3ccco3)c(C#N)c2n1. The fraction of sp³-hybridized carbons (Fsp3) is 0.312. The average molecular weight is 326 g/mol. The zero-order valence-electron chi connectivity index (χ0n) is 13.3. The predicted molar refractivity (Wildman–Crippen MR) is 88.6 cm³/mol. The monoisotopic (exact) mass is 326 g/mol. The lowest BCUT2D eigenvalue weighted by molar-refractivity contribution is 0.109. The molecule has 1 aliphatic heterocycles. The summed E-state index contributed by atoms with van der Waals surface area (Å²) in [5.41, 5.74) is 1.42. The highest BCUT2D eigenvalue weighted by atomic mass is 16.5. The molecule has 0 aliphatic carbocycles. The van der Waals surface area contributed by atoms with E-state index in [0.717, 1.165) is 26.3 Å². The highest BCUT2D eigenvalue weighted by molar-refractivity contribution is 5.72. The van der Waals surface area contributed by atoms with E-state index in [0.29, 0.717) is 28.5 Å². The molecule has 0 atom stereocenters. The molecular formula is C16H18N6O2. The minimum absolute atomic E-state index is 0.405.